The molecule has 0 radical (unpaired) electrons. The van der Waals surface area contributed by atoms with Gasteiger partial charge in [-0.15, -0.1) is 0 Å². The lowest BCUT2D eigenvalue weighted by atomic mass is 9.92. The number of carbonyl (C=O) groups is 1. The summed E-state index contributed by atoms with van der Waals surface area (Å²) in [4.78, 5) is 22.2. The lowest BCUT2D eigenvalue weighted by Crippen LogP contribution is -2.36. The molecule has 0 spiro atoms. The minimum absolute atomic E-state index is 0.0284. The zero-order valence-corrected chi connectivity index (χ0v) is 22.1. The monoisotopic (exact) mass is 567 g/mol. The van der Waals surface area contributed by atoms with Crippen LogP contribution < -0.4 is 9.64 Å². The van der Waals surface area contributed by atoms with E-state index in [0.29, 0.717) is 34.4 Å². The van der Waals surface area contributed by atoms with Crippen LogP contribution in [0.25, 0.3) is 22.2 Å². The van der Waals surface area contributed by atoms with Crippen LogP contribution in [0.4, 0.5) is 18.3 Å². The molecular weight excluding hydrogens is 547 g/mol. The molecule has 1 aliphatic rings. The normalized spacial score (nSPS) is 15.4. The van der Waals surface area contributed by atoms with Crippen LogP contribution >= 0.6 is 22.9 Å². The zero-order valence-electron chi connectivity index (χ0n) is 20.6. The molecule has 198 valence electrons. The Labute approximate surface area is 230 Å². The third-order valence-corrected chi connectivity index (χ3v) is 8.22. The number of hydrogen-bond acceptors (Lipinski definition) is 5. The highest BCUT2D eigenvalue weighted by atomic mass is 35.5. The minimum Gasteiger partial charge on any atom is -0.497 e. The Hall–Kier alpha value is -3.82. The van der Waals surface area contributed by atoms with E-state index < -0.39 is 22.9 Å². The fourth-order valence-corrected chi connectivity index (χ4v) is 6.38. The summed E-state index contributed by atoms with van der Waals surface area (Å²) in [5.74, 6) is -1.22. The number of H-pyrrole nitrogens is 1. The van der Waals surface area contributed by atoms with Crippen LogP contribution in [0.2, 0.25) is 5.02 Å². The van der Waals surface area contributed by atoms with E-state index >= 15 is 0 Å². The van der Waals surface area contributed by atoms with Crippen molar-refractivity contribution < 1.29 is 22.7 Å². The average molecular weight is 568 g/mol. The van der Waals surface area contributed by atoms with Gasteiger partial charge in [0, 0.05) is 33.7 Å². The van der Waals surface area contributed by atoms with Crippen molar-refractivity contribution in [1.82, 2.24) is 9.97 Å². The Balaban J connectivity index is 1.53. The van der Waals surface area contributed by atoms with Crippen LogP contribution in [-0.2, 0) is 6.42 Å². The molecule has 5 nitrogen and oxygen atoms in total. The highest BCUT2D eigenvalue weighted by molar-refractivity contribution is 7.18. The Morgan fingerprint density at radius 1 is 1.10 bits per heavy atom. The molecule has 0 amide bonds. The summed E-state index contributed by atoms with van der Waals surface area (Å²) in [5.41, 5.74) is 4.29. The maximum absolute atomic E-state index is 13.6. The number of nitrogens with zero attached hydrogens (tertiary/aromatic N) is 2. The number of ketones is 1. The van der Waals surface area contributed by atoms with Gasteiger partial charge in [-0.05, 0) is 47.9 Å². The molecule has 1 atom stereocenters. The summed E-state index contributed by atoms with van der Waals surface area (Å²) in [6, 6.07) is 21.3. The largest absolute Gasteiger partial charge is 0.497 e. The second-order valence-electron chi connectivity index (χ2n) is 9.19. The second-order valence-corrected chi connectivity index (χ2v) is 10.6. The topological polar surface area (TPSA) is 58.2 Å². The van der Waals surface area contributed by atoms with Crippen molar-refractivity contribution in [1.29, 1.82) is 0 Å². The van der Waals surface area contributed by atoms with E-state index in [2.05, 4.69) is 9.97 Å². The molecular formula is C29H21ClF3N3O2S. The molecule has 10 heteroatoms. The van der Waals surface area contributed by atoms with Crippen LogP contribution in [0.3, 0.4) is 0 Å². The van der Waals surface area contributed by atoms with Crippen LogP contribution in [0.15, 0.2) is 72.8 Å². The summed E-state index contributed by atoms with van der Waals surface area (Å²) < 4.78 is 46.2. The standard InChI is InChI=1S/C29H21ClF3N3O2S/c1-38-19-10-7-17(8-11-19)25-24-20(21-15-18(30)9-12-22(21)34-24)13-14-36(25)28-35-23(16-5-3-2-4-6-16)26(39-28)27(37)29(31,32)33/h2-12,15,25,34H,13-14H2,1H3. The third-order valence-electron chi connectivity index (χ3n) is 6.89. The molecule has 0 saturated carbocycles. The van der Waals surface area contributed by atoms with Crippen LogP contribution in [0.1, 0.15) is 32.5 Å². The third kappa shape index (κ3) is 4.55. The van der Waals surface area contributed by atoms with Crippen molar-refractivity contribution in [3.05, 3.63) is 99.5 Å². The molecule has 0 bridgehead atoms. The number of nitrogens with one attached hydrogen (secondary N) is 1. The Kier molecular flexibility index (Phi) is 6.35. The average Bonchev–Trinajstić information content (AvgIpc) is 3.54. The summed E-state index contributed by atoms with van der Waals surface area (Å²) in [6.45, 7) is 0.477. The maximum Gasteiger partial charge on any atom is 0.455 e. The van der Waals surface area contributed by atoms with Gasteiger partial charge in [-0.3, -0.25) is 4.79 Å². The van der Waals surface area contributed by atoms with Gasteiger partial charge in [0.25, 0.3) is 5.78 Å². The number of methoxy groups -OCH3 is 1. The van der Waals surface area contributed by atoms with Crippen molar-refractivity contribution >= 4 is 44.8 Å². The van der Waals surface area contributed by atoms with E-state index in [1.54, 1.807) is 37.4 Å². The summed E-state index contributed by atoms with van der Waals surface area (Å²) >= 11 is 7.08. The first kappa shape index (κ1) is 25.5. The molecule has 1 N–H and O–H groups in total. The predicted molar refractivity (Wildman–Crippen MR) is 147 cm³/mol. The fourth-order valence-electron chi connectivity index (χ4n) is 5.11. The highest BCUT2D eigenvalue weighted by Gasteiger charge is 2.43. The molecule has 0 saturated heterocycles. The van der Waals surface area contributed by atoms with Gasteiger partial charge in [0.1, 0.15) is 10.6 Å². The number of carbonyl (C=O) groups excluding carboxylic acids is 1. The summed E-state index contributed by atoms with van der Waals surface area (Å²) in [6.07, 6.45) is -4.40. The molecule has 0 aliphatic carbocycles. The number of halogens is 4. The molecule has 5 aromatic rings. The Morgan fingerprint density at radius 2 is 1.85 bits per heavy atom. The van der Waals surface area contributed by atoms with Crippen molar-refractivity contribution in [2.45, 2.75) is 18.6 Å². The molecule has 1 aliphatic heterocycles. The smallest absolute Gasteiger partial charge is 0.455 e. The molecule has 39 heavy (non-hydrogen) atoms. The number of aromatic amines is 1. The zero-order chi connectivity index (χ0) is 27.3. The van der Waals surface area contributed by atoms with Crippen molar-refractivity contribution in [3.8, 4) is 17.0 Å². The lowest BCUT2D eigenvalue weighted by molar-refractivity contribution is -0.0882. The number of aromatic nitrogens is 2. The van der Waals surface area contributed by atoms with Gasteiger partial charge in [0.15, 0.2) is 5.13 Å². The van der Waals surface area contributed by atoms with Crippen LogP contribution in [0, 0.1) is 0 Å². The molecule has 3 aromatic carbocycles. The van der Waals surface area contributed by atoms with Crippen molar-refractivity contribution in [2.24, 2.45) is 0 Å². The second kappa shape index (κ2) is 9.73. The van der Waals surface area contributed by atoms with E-state index in [9.17, 15) is 18.0 Å². The SMILES string of the molecule is COc1ccc(C2c3[nH]c4ccc(Cl)cc4c3CCN2c2nc(-c3ccccc3)c(C(=O)C(F)(F)F)s2)cc1. The van der Waals surface area contributed by atoms with Gasteiger partial charge < -0.3 is 14.6 Å². The highest BCUT2D eigenvalue weighted by Crippen LogP contribution is 2.45. The van der Waals surface area contributed by atoms with Crippen LogP contribution in [-0.4, -0.2) is 35.6 Å². The van der Waals surface area contributed by atoms with Crippen molar-refractivity contribution in [2.75, 3.05) is 18.6 Å². The van der Waals surface area contributed by atoms with Gasteiger partial charge >= 0.3 is 6.18 Å². The number of benzene rings is 3. The fraction of sp³-hybridized carbons (Fsp3) is 0.172. The summed E-state index contributed by atoms with van der Waals surface area (Å²) in [7, 11) is 1.58. The van der Waals surface area contributed by atoms with Gasteiger partial charge in [0.05, 0.1) is 18.8 Å². The minimum atomic E-state index is -5.02. The van der Waals surface area contributed by atoms with E-state index in [-0.39, 0.29) is 5.69 Å². The molecule has 2 aromatic heterocycles. The van der Waals surface area contributed by atoms with Gasteiger partial charge in [-0.1, -0.05) is 65.4 Å². The first-order chi connectivity index (χ1) is 18.7. The first-order valence-electron chi connectivity index (χ1n) is 12.1. The molecule has 6 rings (SSSR count). The first-order valence-corrected chi connectivity index (χ1v) is 13.3. The molecule has 0 fully saturated rings. The number of ether oxygens (including phenoxy) is 1. The van der Waals surface area contributed by atoms with Gasteiger partial charge in [-0.25, -0.2) is 4.98 Å². The lowest BCUT2D eigenvalue weighted by Gasteiger charge is -2.36. The van der Waals surface area contributed by atoms with Gasteiger partial charge in [-0.2, -0.15) is 13.2 Å². The quantitative estimate of drug-likeness (QED) is 0.220. The Morgan fingerprint density at radius 3 is 2.54 bits per heavy atom. The Bertz CT molecular complexity index is 1680. The maximum atomic E-state index is 13.6. The van der Waals surface area contributed by atoms with Gasteiger partial charge in [0.2, 0.25) is 0 Å². The van der Waals surface area contributed by atoms with Crippen LogP contribution in [0.5, 0.6) is 5.75 Å². The number of alkyl halides is 3. The summed E-state index contributed by atoms with van der Waals surface area (Å²) in [5, 5.41) is 1.97. The number of hydrogen-bond donors (Lipinski definition) is 1. The van der Waals surface area contributed by atoms with Crippen molar-refractivity contribution in [3.63, 3.8) is 0 Å². The van der Waals surface area contributed by atoms with E-state index in [1.165, 1.54) is 0 Å². The van der Waals surface area contributed by atoms with E-state index in [1.807, 2.05) is 47.4 Å². The number of Topliss-reactive ketones (excluding diaryl/α,β-unsaturated/α-hetero) is 1. The van der Waals surface area contributed by atoms with E-state index in [4.69, 9.17) is 16.3 Å². The predicted octanol–water partition coefficient (Wildman–Crippen LogP) is 7.85. The number of anilines is 1. The molecule has 3 heterocycles. The number of fused-ring (bicyclic) bond motifs is 3. The number of rotatable bonds is 5. The number of thiazole rings is 1. The van der Waals surface area contributed by atoms with E-state index in [0.717, 1.165) is 39.1 Å². The molecule has 1 unspecified atom stereocenters.